The van der Waals surface area contributed by atoms with E-state index in [2.05, 4.69) is 29.6 Å². The van der Waals surface area contributed by atoms with Gasteiger partial charge in [-0.05, 0) is 35.2 Å². The summed E-state index contributed by atoms with van der Waals surface area (Å²) in [4.78, 5) is 0. The Balaban J connectivity index is 1.94. The third kappa shape index (κ3) is 1.99. The lowest BCUT2D eigenvalue weighted by molar-refractivity contribution is 0.155. The van der Waals surface area contributed by atoms with Gasteiger partial charge in [-0.1, -0.05) is 18.2 Å². The summed E-state index contributed by atoms with van der Waals surface area (Å²) >= 11 is 1.82. The van der Waals surface area contributed by atoms with Gasteiger partial charge < -0.3 is 10.5 Å². The first-order chi connectivity index (χ1) is 8.33. The van der Waals surface area contributed by atoms with E-state index in [1.165, 1.54) is 15.6 Å². The fourth-order valence-electron chi connectivity index (χ4n) is 2.60. The zero-order chi connectivity index (χ0) is 11.7. The monoisotopic (exact) mass is 247 g/mol. The zero-order valence-corrected chi connectivity index (χ0v) is 10.6. The number of benzene rings is 1. The van der Waals surface area contributed by atoms with Gasteiger partial charge in [0.25, 0.3) is 0 Å². The molecule has 0 saturated carbocycles. The molecule has 1 aliphatic rings. The van der Waals surface area contributed by atoms with E-state index < -0.39 is 0 Å². The van der Waals surface area contributed by atoms with Crippen LogP contribution >= 0.6 is 11.3 Å². The van der Waals surface area contributed by atoms with Gasteiger partial charge in [0.05, 0.1) is 6.61 Å². The zero-order valence-electron chi connectivity index (χ0n) is 9.82. The molecule has 1 atom stereocenters. The van der Waals surface area contributed by atoms with Gasteiger partial charge in [0.2, 0.25) is 0 Å². The lowest BCUT2D eigenvalue weighted by Crippen LogP contribution is -2.33. The molecule has 3 rings (SSSR count). The molecule has 1 aromatic heterocycles. The molecule has 17 heavy (non-hydrogen) atoms. The predicted octanol–water partition coefficient (Wildman–Crippen LogP) is 2.81. The molecule has 0 radical (unpaired) electrons. The summed E-state index contributed by atoms with van der Waals surface area (Å²) in [6.45, 7) is 2.39. The van der Waals surface area contributed by atoms with Crippen molar-refractivity contribution in [3.63, 3.8) is 0 Å². The SMILES string of the molecule is NCC1(Cc2csc3ccccc23)CCOC1. The molecule has 1 aromatic carbocycles. The van der Waals surface area contributed by atoms with Gasteiger partial charge in [-0.3, -0.25) is 0 Å². The Bertz CT molecular complexity index is 514. The first-order valence-electron chi connectivity index (χ1n) is 6.06. The molecule has 3 heteroatoms. The lowest BCUT2D eigenvalue weighted by Gasteiger charge is -2.25. The molecule has 0 amide bonds. The molecule has 2 aromatic rings. The first-order valence-corrected chi connectivity index (χ1v) is 6.94. The van der Waals surface area contributed by atoms with Crippen molar-refractivity contribution in [2.24, 2.45) is 11.1 Å². The molecule has 90 valence electrons. The van der Waals surface area contributed by atoms with Crippen LogP contribution in [0.2, 0.25) is 0 Å². The van der Waals surface area contributed by atoms with Crippen LogP contribution in [0, 0.1) is 5.41 Å². The number of rotatable bonds is 3. The second-order valence-electron chi connectivity index (χ2n) is 4.94. The number of hydrogen-bond acceptors (Lipinski definition) is 3. The summed E-state index contributed by atoms with van der Waals surface area (Å²) in [5.41, 5.74) is 7.56. The second kappa shape index (κ2) is 4.41. The predicted molar refractivity (Wildman–Crippen MR) is 72.5 cm³/mol. The van der Waals surface area contributed by atoms with E-state index in [1.54, 1.807) is 0 Å². The third-order valence-corrected chi connectivity index (χ3v) is 4.76. The van der Waals surface area contributed by atoms with Crippen LogP contribution in [0.25, 0.3) is 10.1 Å². The molecule has 2 N–H and O–H groups in total. The molecule has 1 saturated heterocycles. The summed E-state index contributed by atoms with van der Waals surface area (Å²) in [7, 11) is 0. The van der Waals surface area contributed by atoms with Gasteiger partial charge >= 0.3 is 0 Å². The average Bonchev–Trinajstić information content (AvgIpc) is 2.99. The van der Waals surface area contributed by atoms with Gasteiger partial charge in [0.15, 0.2) is 0 Å². The van der Waals surface area contributed by atoms with Crippen molar-refractivity contribution < 1.29 is 4.74 Å². The highest BCUT2D eigenvalue weighted by Crippen LogP contribution is 2.35. The van der Waals surface area contributed by atoms with Crippen LogP contribution in [0.4, 0.5) is 0 Å². The minimum Gasteiger partial charge on any atom is -0.381 e. The summed E-state index contributed by atoms with van der Waals surface area (Å²) in [5, 5.41) is 3.66. The Hall–Kier alpha value is -0.900. The van der Waals surface area contributed by atoms with E-state index in [0.717, 1.165) is 32.6 Å². The smallest absolute Gasteiger partial charge is 0.0538 e. The summed E-state index contributed by atoms with van der Waals surface area (Å²) in [6.07, 6.45) is 2.14. The molecule has 0 aliphatic carbocycles. The van der Waals surface area contributed by atoms with Crippen molar-refractivity contribution in [1.29, 1.82) is 0 Å². The minimum absolute atomic E-state index is 0.170. The van der Waals surface area contributed by atoms with E-state index in [-0.39, 0.29) is 5.41 Å². The van der Waals surface area contributed by atoms with Gasteiger partial charge in [0, 0.05) is 23.3 Å². The quantitative estimate of drug-likeness (QED) is 0.905. The molecule has 0 spiro atoms. The van der Waals surface area contributed by atoms with Crippen molar-refractivity contribution in [3.05, 3.63) is 35.2 Å². The summed E-state index contributed by atoms with van der Waals surface area (Å²) in [5.74, 6) is 0. The van der Waals surface area contributed by atoms with Crippen LogP contribution in [0.1, 0.15) is 12.0 Å². The minimum atomic E-state index is 0.170. The van der Waals surface area contributed by atoms with Crippen molar-refractivity contribution in [2.45, 2.75) is 12.8 Å². The van der Waals surface area contributed by atoms with E-state index >= 15 is 0 Å². The Morgan fingerprint density at radius 1 is 1.35 bits per heavy atom. The molecule has 1 aliphatic heterocycles. The van der Waals surface area contributed by atoms with Crippen molar-refractivity contribution in [3.8, 4) is 0 Å². The highest BCUT2D eigenvalue weighted by molar-refractivity contribution is 7.17. The van der Waals surface area contributed by atoms with Crippen LogP contribution in [0.3, 0.4) is 0 Å². The van der Waals surface area contributed by atoms with Crippen molar-refractivity contribution in [2.75, 3.05) is 19.8 Å². The maximum absolute atomic E-state index is 5.95. The summed E-state index contributed by atoms with van der Waals surface area (Å²) in [6, 6.07) is 8.60. The maximum Gasteiger partial charge on any atom is 0.0538 e. The lowest BCUT2D eigenvalue weighted by atomic mass is 9.81. The van der Waals surface area contributed by atoms with Gasteiger partial charge in [-0.25, -0.2) is 0 Å². The number of thiophene rings is 1. The van der Waals surface area contributed by atoms with Crippen LogP contribution < -0.4 is 5.73 Å². The van der Waals surface area contributed by atoms with Crippen molar-refractivity contribution >= 4 is 21.4 Å². The Kier molecular flexibility index (Phi) is 2.90. The highest BCUT2D eigenvalue weighted by Gasteiger charge is 2.34. The van der Waals surface area contributed by atoms with Crippen molar-refractivity contribution in [1.82, 2.24) is 0 Å². The molecular weight excluding hydrogens is 230 g/mol. The van der Waals surface area contributed by atoms with Gasteiger partial charge in [-0.15, -0.1) is 11.3 Å². The van der Waals surface area contributed by atoms with E-state index in [0.29, 0.717) is 0 Å². The molecule has 0 bridgehead atoms. The van der Waals surface area contributed by atoms with E-state index in [1.807, 2.05) is 11.3 Å². The number of hydrogen-bond donors (Lipinski definition) is 1. The molecular formula is C14H17NOS. The van der Waals surface area contributed by atoms with Crippen LogP contribution in [0.5, 0.6) is 0 Å². The number of nitrogens with two attached hydrogens (primary N) is 1. The molecule has 2 nitrogen and oxygen atoms in total. The topological polar surface area (TPSA) is 35.2 Å². The molecule has 1 fully saturated rings. The molecule has 1 unspecified atom stereocenters. The second-order valence-corrected chi connectivity index (χ2v) is 5.85. The average molecular weight is 247 g/mol. The van der Waals surface area contributed by atoms with E-state index in [9.17, 15) is 0 Å². The van der Waals surface area contributed by atoms with E-state index in [4.69, 9.17) is 10.5 Å². The van der Waals surface area contributed by atoms with Crippen LogP contribution in [-0.2, 0) is 11.2 Å². The first kappa shape index (κ1) is 11.2. The fourth-order valence-corrected chi connectivity index (χ4v) is 3.56. The largest absolute Gasteiger partial charge is 0.381 e. The third-order valence-electron chi connectivity index (χ3n) is 3.74. The number of fused-ring (bicyclic) bond motifs is 1. The van der Waals surface area contributed by atoms with Crippen LogP contribution in [-0.4, -0.2) is 19.8 Å². The van der Waals surface area contributed by atoms with Crippen LogP contribution in [0.15, 0.2) is 29.6 Å². The highest BCUT2D eigenvalue weighted by atomic mass is 32.1. The number of ether oxygens (including phenoxy) is 1. The Morgan fingerprint density at radius 3 is 3.00 bits per heavy atom. The summed E-state index contributed by atoms with van der Waals surface area (Å²) < 4.78 is 6.90. The van der Waals surface area contributed by atoms with Gasteiger partial charge in [-0.2, -0.15) is 0 Å². The Labute approximate surface area is 105 Å². The standard InChI is InChI=1S/C14H17NOS/c15-9-14(5-6-16-10-14)7-11-8-17-13-4-2-1-3-12(11)13/h1-4,8H,5-7,9-10,15H2. The molecule has 2 heterocycles. The Morgan fingerprint density at radius 2 is 2.24 bits per heavy atom. The van der Waals surface area contributed by atoms with Gasteiger partial charge in [0.1, 0.15) is 0 Å². The maximum atomic E-state index is 5.95. The normalized spacial score (nSPS) is 24.5. The fraction of sp³-hybridized carbons (Fsp3) is 0.429.